The number of hydrogen-bond acceptors (Lipinski definition) is 4. The van der Waals surface area contributed by atoms with Gasteiger partial charge in [-0.2, -0.15) is 0 Å². The van der Waals surface area contributed by atoms with Gasteiger partial charge in [0.25, 0.3) is 0 Å². The molecule has 2 aliphatic heterocycles. The number of fused-ring (bicyclic) bond motifs is 1. The summed E-state index contributed by atoms with van der Waals surface area (Å²) in [5, 5.41) is 0. The second-order valence-electron chi connectivity index (χ2n) is 5.33. The molecule has 0 unspecified atom stereocenters. The van der Waals surface area contributed by atoms with Gasteiger partial charge >= 0.3 is 5.97 Å². The number of carbonyl (C=O) groups excluding carboxylic acids is 2. The van der Waals surface area contributed by atoms with Crippen molar-refractivity contribution in [1.82, 2.24) is 0 Å². The first-order valence-electron chi connectivity index (χ1n) is 7.64. The van der Waals surface area contributed by atoms with Crippen molar-refractivity contribution in [3.05, 3.63) is 29.3 Å². The van der Waals surface area contributed by atoms with Crippen molar-refractivity contribution in [2.24, 2.45) is 0 Å². The SMILES string of the molecule is CCOC(=O)C1=Cc2cccc(N3CCCC3=O)c2OCC1. The second-order valence-corrected chi connectivity index (χ2v) is 5.33. The number of amides is 1. The lowest BCUT2D eigenvalue weighted by Gasteiger charge is -2.20. The normalized spacial score (nSPS) is 17.4. The highest BCUT2D eigenvalue weighted by atomic mass is 16.5. The smallest absolute Gasteiger partial charge is 0.334 e. The summed E-state index contributed by atoms with van der Waals surface area (Å²) in [6.45, 7) is 3.26. The summed E-state index contributed by atoms with van der Waals surface area (Å²) in [6.07, 6.45) is 3.76. The first kappa shape index (κ1) is 14.6. The zero-order valence-electron chi connectivity index (χ0n) is 12.6. The van der Waals surface area contributed by atoms with Crippen molar-refractivity contribution in [3.8, 4) is 5.75 Å². The summed E-state index contributed by atoms with van der Waals surface area (Å²) in [6, 6.07) is 5.67. The maximum atomic E-state index is 12.0. The molecule has 0 N–H and O–H groups in total. The Kier molecular flexibility index (Phi) is 4.13. The summed E-state index contributed by atoms with van der Waals surface area (Å²) in [5.74, 6) is 0.495. The highest BCUT2D eigenvalue weighted by Crippen LogP contribution is 2.37. The van der Waals surface area contributed by atoms with E-state index in [9.17, 15) is 9.59 Å². The van der Waals surface area contributed by atoms with Crippen molar-refractivity contribution in [1.29, 1.82) is 0 Å². The van der Waals surface area contributed by atoms with Crippen LogP contribution < -0.4 is 9.64 Å². The summed E-state index contributed by atoms with van der Waals surface area (Å²) in [4.78, 5) is 25.7. The molecule has 2 heterocycles. The van der Waals surface area contributed by atoms with Crippen LogP contribution >= 0.6 is 0 Å². The maximum Gasteiger partial charge on any atom is 0.334 e. The van der Waals surface area contributed by atoms with Crippen LogP contribution in [0.3, 0.4) is 0 Å². The molecule has 116 valence electrons. The molecule has 0 bridgehead atoms. The molecule has 0 aromatic heterocycles. The van der Waals surface area contributed by atoms with Gasteiger partial charge < -0.3 is 14.4 Å². The number of nitrogens with zero attached hydrogens (tertiary/aromatic N) is 1. The minimum absolute atomic E-state index is 0.121. The monoisotopic (exact) mass is 301 g/mol. The minimum Gasteiger partial charge on any atom is -0.490 e. The first-order valence-corrected chi connectivity index (χ1v) is 7.64. The molecule has 3 rings (SSSR count). The molecule has 0 saturated carbocycles. The lowest BCUT2D eigenvalue weighted by molar-refractivity contribution is -0.138. The third-order valence-electron chi connectivity index (χ3n) is 3.87. The van der Waals surface area contributed by atoms with E-state index in [1.807, 2.05) is 24.3 Å². The average molecular weight is 301 g/mol. The van der Waals surface area contributed by atoms with Gasteiger partial charge in [-0.1, -0.05) is 12.1 Å². The number of para-hydroxylation sites is 1. The van der Waals surface area contributed by atoms with Crippen molar-refractivity contribution in [2.75, 3.05) is 24.7 Å². The molecule has 22 heavy (non-hydrogen) atoms. The fraction of sp³-hybridized carbons (Fsp3) is 0.412. The Morgan fingerprint density at radius 1 is 1.36 bits per heavy atom. The van der Waals surface area contributed by atoms with Crippen LogP contribution in [0.4, 0.5) is 5.69 Å². The van der Waals surface area contributed by atoms with E-state index in [4.69, 9.17) is 9.47 Å². The average Bonchev–Trinajstić information content (AvgIpc) is 2.81. The molecule has 0 atom stereocenters. The second kappa shape index (κ2) is 6.22. The predicted molar refractivity (Wildman–Crippen MR) is 82.8 cm³/mol. The highest BCUT2D eigenvalue weighted by molar-refractivity contribution is 5.99. The molecule has 1 aromatic rings. The Balaban J connectivity index is 1.98. The van der Waals surface area contributed by atoms with Crippen molar-refractivity contribution in [3.63, 3.8) is 0 Å². The molecule has 5 nitrogen and oxygen atoms in total. The Hall–Kier alpha value is -2.30. The number of hydrogen-bond donors (Lipinski definition) is 0. The summed E-state index contributed by atoms with van der Waals surface area (Å²) < 4.78 is 10.9. The van der Waals surface area contributed by atoms with E-state index in [0.29, 0.717) is 43.9 Å². The number of rotatable bonds is 3. The number of benzene rings is 1. The van der Waals surface area contributed by atoms with E-state index < -0.39 is 0 Å². The van der Waals surface area contributed by atoms with Gasteiger partial charge in [0.2, 0.25) is 5.91 Å². The van der Waals surface area contributed by atoms with Gasteiger partial charge in [0.05, 0.1) is 18.9 Å². The van der Waals surface area contributed by atoms with Crippen LogP contribution in [-0.4, -0.2) is 31.6 Å². The topological polar surface area (TPSA) is 55.8 Å². The maximum absolute atomic E-state index is 12.0. The van der Waals surface area contributed by atoms with E-state index >= 15 is 0 Å². The van der Waals surface area contributed by atoms with Crippen LogP contribution in [-0.2, 0) is 14.3 Å². The molecule has 2 aliphatic rings. The number of anilines is 1. The van der Waals surface area contributed by atoms with Crippen molar-refractivity contribution >= 4 is 23.6 Å². The summed E-state index contributed by atoms with van der Waals surface area (Å²) in [5.41, 5.74) is 2.21. The van der Waals surface area contributed by atoms with Crippen LogP contribution in [0, 0.1) is 0 Å². The van der Waals surface area contributed by atoms with Gasteiger partial charge in [-0.25, -0.2) is 4.79 Å². The van der Waals surface area contributed by atoms with E-state index in [-0.39, 0.29) is 11.9 Å². The Morgan fingerprint density at radius 2 is 2.23 bits per heavy atom. The van der Waals surface area contributed by atoms with Crippen LogP contribution in [0.2, 0.25) is 0 Å². The number of esters is 1. The third-order valence-corrected chi connectivity index (χ3v) is 3.87. The molecule has 1 fully saturated rings. The molecule has 0 radical (unpaired) electrons. The molecule has 0 spiro atoms. The predicted octanol–water partition coefficient (Wildman–Crippen LogP) is 2.54. The van der Waals surface area contributed by atoms with E-state index in [1.54, 1.807) is 11.8 Å². The lowest BCUT2D eigenvalue weighted by atomic mass is 10.1. The molecular formula is C17H19NO4. The zero-order chi connectivity index (χ0) is 15.5. The van der Waals surface area contributed by atoms with Crippen LogP contribution in [0.1, 0.15) is 31.7 Å². The Bertz CT molecular complexity index is 636. The van der Waals surface area contributed by atoms with Gasteiger partial charge in [0.1, 0.15) is 5.75 Å². The summed E-state index contributed by atoms with van der Waals surface area (Å²) >= 11 is 0. The largest absolute Gasteiger partial charge is 0.490 e. The van der Waals surface area contributed by atoms with Gasteiger partial charge in [-0.05, 0) is 25.5 Å². The molecule has 1 amide bonds. The fourth-order valence-electron chi connectivity index (χ4n) is 2.84. The quantitative estimate of drug-likeness (QED) is 0.805. The van der Waals surface area contributed by atoms with Gasteiger partial charge in [0, 0.05) is 30.5 Å². The molecule has 5 heteroatoms. The van der Waals surface area contributed by atoms with Crippen molar-refractivity contribution < 1.29 is 19.1 Å². The van der Waals surface area contributed by atoms with E-state index in [2.05, 4.69) is 0 Å². The van der Waals surface area contributed by atoms with Gasteiger partial charge in [-0.3, -0.25) is 4.79 Å². The number of carbonyl (C=O) groups is 2. The van der Waals surface area contributed by atoms with Crippen LogP contribution in [0.5, 0.6) is 5.75 Å². The Labute approximate surface area is 129 Å². The van der Waals surface area contributed by atoms with Gasteiger partial charge in [0.15, 0.2) is 0 Å². The van der Waals surface area contributed by atoms with Gasteiger partial charge in [-0.15, -0.1) is 0 Å². The highest BCUT2D eigenvalue weighted by Gasteiger charge is 2.26. The van der Waals surface area contributed by atoms with E-state index in [0.717, 1.165) is 17.7 Å². The molecular weight excluding hydrogens is 282 g/mol. The Morgan fingerprint density at radius 3 is 2.95 bits per heavy atom. The van der Waals surface area contributed by atoms with Crippen molar-refractivity contribution in [2.45, 2.75) is 26.2 Å². The minimum atomic E-state index is -0.304. The molecule has 0 aliphatic carbocycles. The molecule has 1 saturated heterocycles. The van der Waals surface area contributed by atoms with E-state index in [1.165, 1.54) is 0 Å². The standard InChI is InChI=1S/C17H19NO4/c1-2-21-17(20)13-8-10-22-16-12(11-13)5-3-6-14(16)18-9-4-7-15(18)19/h3,5-6,11H,2,4,7-10H2,1H3. The molecule has 1 aromatic carbocycles. The zero-order valence-corrected chi connectivity index (χ0v) is 12.6. The van der Waals surface area contributed by atoms with Crippen LogP contribution in [0.15, 0.2) is 23.8 Å². The number of ether oxygens (including phenoxy) is 2. The summed E-state index contributed by atoms with van der Waals surface area (Å²) in [7, 11) is 0. The van der Waals surface area contributed by atoms with Crippen LogP contribution in [0.25, 0.3) is 6.08 Å². The first-order chi connectivity index (χ1) is 10.7. The fourth-order valence-corrected chi connectivity index (χ4v) is 2.84. The lowest BCUT2D eigenvalue weighted by Crippen LogP contribution is -2.24. The third kappa shape index (κ3) is 2.71.